The fourth-order valence-corrected chi connectivity index (χ4v) is 3.58. The molecule has 0 N–H and O–H groups in total. The van der Waals surface area contributed by atoms with Gasteiger partial charge in [0.15, 0.2) is 5.56 Å². The van der Waals surface area contributed by atoms with Crippen LogP contribution in [0.4, 0.5) is 0 Å². The molecule has 3 rings (SSSR count). The fourth-order valence-electron chi connectivity index (χ4n) is 2.44. The Morgan fingerprint density at radius 3 is 2.33 bits per heavy atom. The van der Waals surface area contributed by atoms with Crippen LogP contribution in [-0.4, -0.2) is 10.5 Å². The van der Waals surface area contributed by atoms with Gasteiger partial charge < -0.3 is 4.74 Å². The van der Waals surface area contributed by atoms with E-state index in [0.717, 1.165) is 40.4 Å². The normalized spacial score (nSPS) is 12.1. The first-order chi connectivity index (χ1) is 11.7. The zero-order chi connectivity index (χ0) is 16.9. The molecular formula is C20H20ClNOS. The van der Waals surface area contributed by atoms with Gasteiger partial charge in [-0.1, -0.05) is 55.8 Å². The minimum Gasteiger partial charge on any atom is -0.475 e. The van der Waals surface area contributed by atoms with Crippen LogP contribution in [0.25, 0.3) is 21.8 Å². The zero-order valence-corrected chi connectivity index (χ0v) is 15.4. The first-order valence-corrected chi connectivity index (χ1v) is 9.42. The summed E-state index contributed by atoms with van der Waals surface area (Å²) in [5.74, 6) is 0.789. The summed E-state index contributed by atoms with van der Waals surface area (Å²) < 4.78 is 5.63. The predicted molar refractivity (Wildman–Crippen MR) is 103 cm³/mol. The van der Waals surface area contributed by atoms with Crippen molar-refractivity contribution in [2.75, 3.05) is 0 Å². The van der Waals surface area contributed by atoms with Gasteiger partial charge in [-0.2, -0.15) is 0 Å². The molecule has 0 amide bonds. The lowest BCUT2D eigenvalue weighted by atomic mass is 10.1. The van der Waals surface area contributed by atoms with Gasteiger partial charge >= 0.3 is 0 Å². The average molecular weight is 358 g/mol. The summed E-state index contributed by atoms with van der Waals surface area (Å²) in [4.78, 5) is 6.18. The second-order valence-electron chi connectivity index (χ2n) is 5.47. The quantitative estimate of drug-likeness (QED) is 0.476. The van der Waals surface area contributed by atoms with Gasteiger partial charge in [0.05, 0.1) is 5.69 Å². The third-order valence-electron chi connectivity index (χ3n) is 3.75. The molecule has 1 unspecified atom stereocenters. The average Bonchev–Trinajstić information content (AvgIpc) is 3.07. The van der Waals surface area contributed by atoms with Gasteiger partial charge in [0.2, 0.25) is 0 Å². The summed E-state index contributed by atoms with van der Waals surface area (Å²) in [5, 5.41) is 1.06. The molecule has 0 aliphatic heterocycles. The van der Waals surface area contributed by atoms with Gasteiger partial charge in [-0.3, -0.25) is 0 Å². The molecule has 0 aliphatic carbocycles. The maximum atomic E-state index is 6.04. The van der Waals surface area contributed by atoms with Gasteiger partial charge in [-0.25, -0.2) is 4.98 Å². The van der Waals surface area contributed by atoms with Crippen molar-refractivity contribution >= 4 is 22.9 Å². The number of thiazole rings is 1. The van der Waals surface area contributed by atoms with E-state index in [0.29, 0.717) is 0 Å². The highest BCUT2D eigenvalue weighted by atomic mass is 35.5. The van der Waals surface area contributed by atoms with Crippen molar-refractivity contribution in [2.24, 2.45) is 0 Å². The van der Waals surface area contributed by atoms with Crippen molar-refractivity contribution < 1.29 is 4.74 Å². The van der Waals surface area contributed by atoms with Crippen LogP contribution < -0.4 is 4.74 Å². The molecule has 0 aliphatic rings. The molecule has 2 aromatic carbocycles. The first kappa shape index (κ1) is 17.0. The standard InChI is InChI=1S/C20H20ClNOS/c1-3-17-19(22-20(24-17)15-8-6-5-7-9-15)14-10-12-16(13-11-14)23-18(21)4-2/h5-13,18H,3-4H2,1-2H3. The van der Waals surface area contributed by atoms with Crippen molar-refractivity contribution in [1.82, 2.24) is 4.98 Å². The molecule has 3 aromatic rings. The second kappa shape index (κ2) is 7.82. The van der Waals surface area contributed by atoms with Crippen molar-refractivity contribution in [1.29, 1.82) is 0 Å². The SMILES string of the molecule is CCc1sc(-c2ccccc2)nc1-c1ccc(OC(Cl)CC)cc1. The van der Waals surface area contributed by atoms with Crippen molar-refractivity contribution in [3.63, 3.8) is 0 Å². The molecule has 124 valence electrons. The molecule has 0 fully saturated rings. The predicted octanol–water partition coefficient (Wildman–Crippen LogP) is 6.39. The van der Waals surface area contributed by atoms with Crippen LogP contribution in [0.15, 0.2) is 54.6 Å². The van der Waals surface area contributed by atoms with Gasteiger partial charge in [0.1, 0.15) is 10.8 Å². The highest BCUT2D eigenvalue weighted by Crippen LogP contribution is 2.34. The van der Waals surface area contributed by atoms with Gasteiger partial charge in [0.25, 0.3) is 0 Å². The number of alkyl halides is 1. The van der Waals surface area contributed by atoms with Crippen LogP contribution in [0.3, 0.4) is 0 Å². The Morgan fingerprint density at radius 2 is 1.71 bits per heavy atom. The van der Waals surface area contributed by atoms with Crippen LogP contribution in [-0.2, 0) is 6.42 Å². The van der Waals surface area contributed by atoms with Crippen LogP contribution in [0, 0.1) is 0 Å². The highest BCUT2D eigenvalue weighted by molar-refractivity contribution is 7.15. The lowest BCUT2D eigenvalue weighted by Crippen LogP contribution is -2.06. The van der Waals surface area contributed by atoms with E-state index in [2.05, 4.69) is 31.2 Å². The molecule has 0 bridgehead atoms. The highest BCUT2D eigenvalue weighted by Gasteiger charge is 2.13. The minimum absolute atomic E-state index is 0.286. The lowest BCUT2D eigenvalue weighted by molar-refractivity contribution is 0.277. The Labute approximate surface area is 152 Å². The smallest absolute Gasteiger partial charge is 0.171 e. The number of rotatable bonds is 6. The monoisotopic (exact) mass is 357 g/mol. The number of nitrogens with zero attached hydrogens (tertiary/aromatic N) is 1. The molecule has 1 aromatic heterocycles. The third-order valence-corrected chi connectivity index (χ3v) is 5.40. The fraction of sp³-hybridized carbons (Fsp3) is 0.250. The topological polar surface area (TPSA) is 22.1 Å². The molecule has 0 spiro atoms. The van der Waals surface area contributed by atoms with E-state index in [1.165, 1.54) is 4.88 Å². The number of halogens is 1. The maximum Gasteiger partial charge on any atom is 0.171 e. The number of aromatic nitrogens is 1. The van der Waals surface area contributed by atoms with Crippen LogP contribution in [0.5, 0.6) is 5.75 Å². The molecule has 4 heteroatoms. The van der Waals surface area contributed by atoms with Crippen LogP contribution >= 0.6 is 22.9 Å². The molecule has 0 saturated heterocycles. The molecule has 0 saturated carbocycles. The first-order valence-electron chi connectivity index (χ1n) is 8.17. The van der Waals surface area contributed by atoms with Crippen molar-refractivity contribution in [2.45, 2.75) is 32.3 Å². The largest absolute Gasteiger partial charge is 0.475 e. The number of aryl methyl sites for hydroxylation is 1. The van der Waals surface area contributed by atoms with E-state index in [1.54, 1.807) is 11.3 Å². The van der Waals surface area contributed by atoms with Gasteiger partial charge in [-0.15, -0.1) is 11.3 Å². The summed E-state index contributed by atoms with van der Waals surface area (Å²) in [7, 11) is 0. The maximum absolute atomic E-state index is 6.04. The Kier molecular flexibility index (Phi) is 5.54. The Hall–Kier alpha value is -1.84. The second-order valence-corrected chi connectivity index (χ2v) is 7.04. The van der Waals surface area contributed by atoms with E-state index < -0.39 is 0 Å². The summed E-state index contributed by atoms with van der Waals surface area (Å²) in [6, 6.07) is 18.3. The lowest BCUT2D eigenvalue weighted by Gasteiger charge is -2.10. The zero-order valence-electron chi connectivity index (χ0n) is 13.8. The minimum atomic E-state index is -0.286. The van der Waals surface area contributed by atoms with Crippen molar-refractivity contribution in [3.05, 3.63) is 59.5 Å². The summed E-state index contributed by atoms with van der Waals surface area (Å²) in [5.41, 5.74) is 3.05. The van der Waals surface area contributed by atoms with E-state index in [1.807, 2.05) is 37.3 Å². The van der Waals surface area contributed by atoms with E-state index in [9.17, 15) is 0 Å². The number of hydrogen-bond donors (Lipinski definition) is 0. The summed E-state index contributed by atoms with van der Waals surface area (Å²) >= 11 is 7.80. The van der Waals surface area contributed by atoms with Gasteiger partial charge in [-0.05, 0) is 37.1 Å². The van der Waals surface area contributed by atoms with E-state index in [4.69, 9.17) is 21.3 Å². The molecule has 1 atom stereocenters. The Morgan fingerprint density at radius 1 is 1.00 bits per heavy atom. The molecule has 1 heterocycles. The molecule has 0 radical (unpaired) electrons. The third kappa shape index (κ3) is 3.80. The molecule has 24 heavy (non-hydrogen) atoms. The van der Waals surface area contributed by atoms with E-state index >= 15 is 0 Å². The summed E-state index contributed by atoms with van der Waals surface area (Å²) in [6.07, 6.45) is 1.74. The van der Waals surface area contributed by atoms with Gasteiger partial charge in [0, 0.05) is 16.0 Å². The summed E-state index contributed by atoms with van der Waals surface area (Å²) in [6.45, 7) is 4.17. The number of benzene rings is 2. The molecule has 2 nitrogen and oxygen atoms in total. The van der Waals surface area contributed by atoms with Crippen LogP contribution in [0.2, 0.25) is 0 Å². The Balaban J connectivity index is 1.90. The number of hydrogen-bond acceptors (Lipinski definition) is 3. The number of ether oxygens (including phenoxy) is 1. The van der Waals surface area contributed by atoms with Crippen molar-refractivity contribution in [3.8, 4) is 27.6 Å². The van der Waals surface area contributed by atoms with Crippen LogP contribution in [0.1, 0.15) is 25.1 Å². The molecular weight excluding hydrogens is 338 g/mol. The van der Waals surface area contributed by atoms with E-state index in [-0.39, 0.29) is 5.56 Å². The Bertz CT molecular complexity index is 783.